The number of halogens is 3. The van der Waals surface area contributed by atoms with E-state index in [4.69, 9.17) is 0 Å². The fourth-order valence-electron chi connectivity index (χ4n) is 5.62. The molecule has 1 N–H and O–H groups in total. The van der Waals surface area contributed by atoms with Gasteiger partial charge in [0.1, 0.15) is 0 Å². The summed E-state index contributed by atoms with van der Waals surface area (Å²) in [6, 6.07) is 7.84. The Morgan fingerprint density at radius 1 is 0.972 bits per heavy atom. The molecule has 2 aliphatic heterocycles. The minimum absolute atomic E-state index is 0.165. The molecule has 1 saturated carbocycles. The summed E-state index contributed by atoms with van der Waals surface area (Å²) in [4.78, 5) is 22.4. The van der Waals surface area contributed by atoms with E-state index in [2.05, 4.69) is 43.9 Å². The van der Waals surface area contributed by atoms with Crippen molar-refractivity contribution in [3.8, 4) is 0 Å². The summed E-state index contributed by atoms with van der Waals surface area (Å²) >= 11 is 2.30. The summed E-state index contributed by atoms with van der Waals surface area (Å²) < 4.78 is 30.6. The van der Waals surface area contributed by atoms with E-state index in [1.165, 1.54) is 25.7 Å². The third-order valence-corrected chi connectivity index (χ3v) is 8.86. The number of fused-ring (bicyclic) bond motifs is 1. The van der Waals surface area contributed by atoms with Gasteiger partial charge in [-0.15, -0.1) is 0 Å². The second kappa shape index (κ2) is 8.85. The normalized spacial score (nSPS) is 20.7. The summed E-state index contributed by atoms with van der Waals surface area (Å²) in [5, 5.41) is 3.10. The first-order chi connectivity index (χ1) is 17.2. The van der Waals surface area contributed by atoms with Crippen molar-refractivity contribution >= 4 is 51.2 Å². The standard InChI is InChI=1S/C27H30F2IN5O/c1-18-16-31-24-23(34-12-8-27(28,29)9-13-34)15-20(17-35(18)24)32-25(36)21-3-2-19(30)14-22(21)33-10-6-26(4-5-26)7-11-33/h2-3,14-17H,4-13H2,1H3,(H,32,36). The van der Waals surface area contributed by atoms with Crippen LogP contribution in [0.25, 0.3) is 5.65 Å². The Morgan fingerprint density at radius 2 is 1.64 bits per heavy atom. The molecule has 0 unspecified atom stereocenters. The van der Waals surface area contributed by atoms with E-state index >= 15 is 0 Å². The lowest BCUT2D eigenvalue weighted by Gasteiger charge is -2.35. The minimum Gasteiger partial charge on any atom is -0.371 e. The number of alkyl halides is 2. The number of carbonyl (C=O) groups excluding carboxylic acids is 1. The molecule has 1 aromatic carbocycles. The Morgan fingerprint density at radius 3 is 2.33 bits per heavy atom. The molecule has 36 heavy (non-hydrogen) atoms. The first kappa shape index (κ1) is 23.9. The number of aromatic nitrogens is 2. The van der Waals surface area contributed by atoms with Gasteiger partial charge >= 0.3 is 0 Å². The maximum absolute atomic E-state index is 13.8. The predicted octanol–water partition coefficient (Wildman–Crippen LogP) is 6.12. The smallest absolute Gasteiger partial charge is 0.257 e. The molecule has 4 heterocycles. The van der Waals surface area contributed by atoms with Crippen molar-refractivity contribution in [3.05, 3.63) is 51.5 Å². The zero-order valence-electron chi connectivity index (χ0n) is 20.4. The van der Waals surface area contributed by atoms with E-state index in [-0.39, 0.29) is 31.8 Å². The Bertz CT molecular complexity index is 1320. The van der Waals surface area contributed by atoms with Crippen LogP contribution in [0.15, 0.2) is 36.7 Å². The zero-order valence-corrected chi connectivity index (χ0v) is 22.5. The zero-order chi connectivity index (χ0) is 25.1. The molecule has 190 valence electrons. The number of anilines is 3. The quantitative estimate of drug-likeness (QED) is 0.365. The molecule has 3 aliphatic rings. The molecule has 1 amide bonds. The molecule has 0 bridgehead atoms. The van der Waals surface area contributed by atoms with Crippen molar-refractivity contribution in [3.63, 3.8) is 0 Å². The number of carbonyl (C=O) groups is 1. The highest BCUT2D eigenvalue weighted by molar-refractivity contribution is 14.1. The summed E-state index contributed by atoms with van der Waals surface area (Å²) in [6.45, 7) is 4.40. The fourth-order valence-corrected chi connectivity index (χ4v) is 6.09. The minimum atomic E-state index is -2.63. The van der Waals surface area contributed by atoms with Gasteiger partial charge in [0.05, 0.1) is 22.6 Å². The van der Waals surface area contributed by atoms with Crippen LogP contribution < -0.4 is 15.1 Å². The molecule has 3 fully saturated rings. The molecule has 6 nitrogen and oxygen atoms in total. The first-order valence-corrected chi connectivity index (χ1v) is 13.8. The Kier molecular flexibility index (Phi) is 5.88. The fraction of sp³-hybridized carbons (Fsp3) is 0.481. The van der Waals surface area contributed by atoms with E-state index in [1.54, 1.807) is 6.20 Å². The van der Waals surface area contributed by atoms with Crippen LogP contribution in [0, 0.1) is 15.9 Å². The number of aryl methyl sites for hydroxylation is 1. The summed E-state index contributed by atoms with van der Waals surface area (Å²) in [5.41, 5.74) is 5.23. The lowest BCUT2D eigenvalue weighted by Crippen LogP contribution is -2.39. The van der Waals surface area contributed by atoms with Crippen LogP contribution in [0.1, 0.15) is 54.6 Å². The van der Waals surface area contributed by atoms with Gasteiger partial charge in [0.15, 0.2) is 5.65 Å². The van der Waals surface area contributed by atoms with E-state index < -0.39 is 5.92 Å². The molecule has 2 aromatic heterocycles. The number of pyridine rings is 1. The van der Waals surface area contributed by atoms with E-state index in [9.17, 15) is 13.6 Å². The van der Waals surface area contributed by atoms with Crippen molar-refractivity contribution in [2.45, 2.75) is 51.4 Å². The Balaban J connectivity index is 1.29. The number of imidazole rings is 1. The highest BCUT2D eigenvalue weighted by atomic mass is 127. The average Bonchev–Trinajstić information content (AvgIpc) is 3.50. The van der Waals surface area contributed by atoms with E-state index in [0.29, 0.717) is 22.3 Å². The number of hydrogen-bond acceptors (Lipinski definition) is 4. The topological polar surface area (TPSA) is 52.9 Å². The first-order valence-electron chi connectivity index (χ1n) is 12.7. The second-order valence-electron chi connectivity index (χ2n) is 10.7. The van der Waals surface area contributed by atoms with Gasteiger partial charge in [0.2, 0.25) is 0 Å². The number of nitrogens with one attached hydrogen (secondary N) is 1. The molecule has 0 radical (unpaired) electrons. The summed E-state index contributed by atoms with van der Waals surface area (Å²) in [7, 11) is 0. The van der Waals surface area contributed by atoms with Crippen molar-refractivity contribution in [2.24, 2.45) is 5.41 Å². The summed E-state index contributed by atoms with van der Waals surface area (Å²) in [5.74, 6) is -2.79. The van der Waals surface area contributed by atoms with Crippen LogP contribution in [-0.2, 0) is 0 Å². The Hall–Kier alpha value is -2.43. The number of nitrogens with zero attached hydrogens (tertiary/aromatic N) is 4. The van der Waals surface area contributed by atoms with Gasteiger partial charge in [-0.2, -0.15) is 0 Å². The van der Waals surface area contributed by atoms with Crippen LogP contribution in [0.4, 0.5) is 25.8 Å². The molecule has 6 rings (SSSR count). The average molecular weight is 605 g/mol. The number of benzene rings is 1. The van der Waals surface area contributed by atoms with Gasteiger partial charge in [0.25, 0.3) is 11.8 Å². The van der Waals surface area contributed by atoms with Gasteiger partial charge in [-0.1, -0.05) is 0 Å². The number of amides is 1. The third-order valence-electron chi connectivity index (χ3n) is 8.19. The van der Waals surface area contributed by atoms with Crippen molar-refractivity contribution in [1.82, 2.24) is 9.38 Å². The third kappa shape index (κ3) is 4.54. The van der Waals surface area contributed by atoms with Gasteiger partial charge in [-0.3, -0.25) is 4.79 Å². The van der Waals surface area contributed by atoms with Crippen LogP contribution in [-0.4, -0.2) is 47.4 Å². The monoisotopic (exact) mass is 605 g/mol. The highest BCUT2D eigenvalue weighted by Crippen LogP contribution is 2.54. The SMILES string of the molecule is Cc1cnc2c(N3CCC(F)(F)CC3)cc(NC(=O)c3ccc(I)cc3N3CCC4(CC3)CC4)cn12. The van der Waals surface area contributed by atoms with Crippen LogP contribution in [0.2, 0.25) is 0 Å². The second-order valence-corrected chi connectivity index (χ2v) is 11.9. The lowest BCUT2D eigenvalue weighted by molar-refractivity contribution is -0.0220. The predicted molar refractivity (Wildman–Crippen MR) is 147 cm³/mol. The number of piperidine rings is 2. The van der Waals surface area contributed by atoms with Crippen molar-refractivity contribution in [2.75, 3.05) is 41.3 Å². The van der Waals surface area contributed by atoms with Gasteiger partial charge < -0.3 is 19.5 Å². The molecule has 2 saturated heterocycles. The molecular formula is C27H30F2IN5O. The molecule has 3 aromatic rings. The molecule has 9 heteroatoms. The van der Waals surface area contributed by atoms with Crippen LogP contribution in [0.5, 0.6) is 0 Å². The van der Waals surface area contributed by atoms with Gasteiger partial charge in [-0.05, 0) is 84.9 Å². The van der Waals surface area contributed by atoms with E-state index in [0.717, 1.165) is 33.7 Å². The maximum Gasteiger partial charge on any atom is 0.257 e. The van der Waals surface area contributed by atoms with E-state index in [1.807, 2.05) is 40.6 Å². The molecule has 1 aliphatic carbocycles. The molecule has 1 spiro atoms. The maximum atomic E-state index is 13.8. The lowest BCUT2D eigenvalue weighted by atomic mass is 9.93. The molecular weight excluding hydrogens is 575 g/mol. The highest BCUT2D eigenvalue weighted by Gasteiger charge is 2.44. The van der Waals surface area contributed by atoms with Crippen molar-refractivity contribution in [1.29, 1.82) is 0 Å². The van der Waals surface area contributed by atoms with Gasteiger partial charge in [0, 0.05) is 60.7 Å². The number of rotatable bonds is 4. The Labute approximate surface area is 223 Å². The van der Waals surface area contributed by atoms with Crippen LogP contribution in [0.3, 0.4) is 0 Å². The van der Waals surface area contributed by atoms with Crippen LogP contribution >= 0.6 is 22.6 Å². The van der Waals surface area contributed by atoms with Crippen molar-refractivity contribution < 1.29 is 13.6 Å². The van der Waals surface area contributed by atoms with Gasteiger partial charge in [-0.25, -0.2) is 13.8 Å². The summed E-state index contributed by atoms with van der Waals surface area (Å²) in [6.07, 6.45) is 8.33. The molecule has 0 atom stereocenters. The largest absolute Gasteiger partial charge is 0.371 e. The number of hydrogen-bond donors (Lipinski definition) is 1.